The van der Waals surface area contributed by atoms with Crippen LogP contribution in [0.5, 0.6) is 0 Å². The first kappa shape index (κ1) is 15.2. The number of hydrogen-bond acceptors (Lipinski definition) is 4. The van der Waals surface area contributed by atoms with Crippen molar-refractivity contribution in [1.82, 2.24) is 9.80 Å². The van der Waals surface area contributed by atoms with Crippen LogP contribution in [0.3, 0.4) is 0 Å². The van der Waals surface area contributed by atoms with E-state index in [1.807, 2.05) is 0 Å². The standard InChI is InChI=1S/C10H18N2O5/c1-11(6-4-5-9(15)17-3)10(16)12(2)7-8(13)14/h4-7H2,1-3H3,(H,13,14). The smallest absolute Gasteiger partial charge is 0.323 e. The highest BCUT2D eigenvalue weighted by Gasteiger charge is 2.16. The number of methoxy groups -OCH3 is 1. The molecule has 0 aliphatic heterocycles. The molecule has 1 N–H and O–H groups in total. The third kappa shape index (κ3) is 6.39. The van der Waals surface area contributed by atoms with Crippen LogP contribution in [-0.4, -0.2) is 67.2 Å². The molecule has 0 aliphatic carbocycles. The van der Waals surface area contributed by atoms with Crippen LogP contribution in [0, 0.1) is 0 Å². The molecular formula is C10H18N2O5. The number of hydrogen-bond donors (Lipinski definition) is 1. The van der Waals surface area contributed by atoms with Crippen LogP contribution < -0.4 is 0 Å². The Morgan fingerprint density at radius 2 is 1.76 bits per heavy atom. The number of aliphatic carboxylic acids is 1. The predicted octanol–water partition coefficient (Wildman–Crippen LogP) is 0.00780. The summed E-state index contributed by atoms with van der Waals surface area (Å²) in [6, 6.07) is -0.391. The number of rotatable bonds is 6. The van der Waals surface area contributed by atoms with Gasteiger partial charge in [0.25, 0.3) is 0 Å². The van der Waals surface area contributed by atoms with Crippen LogP contribution in [0.25, 0.3) is 0 Å². The second kappa shape index (κ2) is 7.48. The molecule has 0 bridgehead atoms. The summed E-state index contributed by atoms with van der Waals surface area (Å²) in [4.78, 5) is 35.3. The van der Waals surface area contributed by atoms with Crippen molar-refractivity contribution < 1.29 is 24.2 Å². The second-order valence-corrected chi connectivity index (χ2v) is 3.63. The van der Waals surface area contributed by atoms with Crippen LogP contribution >= 0.6 is 0 Å². The molecule has 98 valence electrons. The van der Waals surface area contributed by atoms with Crippen molar-refractivity contribution in [3.63, 3.8) is 0 Å². The normalized spacial score (nSPS) is 9.59. The molecule has 7 heteroatoms. The molecule has 0 rings (SSSR count). The Hall–Kier alpha value is -1.79. The predicted molar refractivity (Wildman–Crippen MR) is 59.5 cm³/mol. The summed E-state index contributed by atoms with van der Waals surface area (Å²) in [7, 11) is 4.27. The summed E-state index contributed by atoms with van der Waals surface area (Å²) in [5, 5.41) is 8.52. The van der Waals surface area contributed by atoms with E-state index in [4.69, 9.17) is 5.11 Å². The first-order valence-electron chi connectivity index (χ1n) is 5.13. The summed E-state index contributed by atoms with van der Waals surface area (Å²) in [6.45, 7) is 0.0259. The highest BCUT2D eigenvalue weighted by Crippen LogP contribution is 1.99. The molecule has 0 aromatic carbocycles. The van der Waals surface area contributed by atoms with Gasteiger partial charge in [0.15, 0.2) is 0 Å². The molecule has 0 saturated heterocycles. The average Bonchev–Trinajstić information content (AvgIpc) is 2.26. The van der Waals surface area contributed by atoms with E-state index in [1.165, 1.54) is 19.1 Å². The maximum absolute atomic E-state index is 11.6. The third-order valence-corrected chi connectivity index (χ3v) is 2.13. The van der Waals surface area contributed by atoms with Crippen molar-refractivity contribution in [3.8, 4) is 0 Å². The number of nitrogens with zero attached hydrogens (tertiary/aromatic N) is 2. The Labute approximate surface area is 99.9 Å². The summed E-state index contributed by atoms with van der Waals surface area (Å²) >= 11 is 0. The van der Waals surface area contributed by atoms with Crippen molar-refractivity contribution >= 4 is 18.0 Å². The maximum atomic E-state index is 11.6. The Bertz CT molecular complexity index is 292. The molecule has 0 radical (unpaired) electrons. The number of esters is 1. The van der Waals surface area contributed by atoms with Gasteiger partial charge >= 0.3 is 18.0 Å². The topological polar surface area (TPSA) is 87.2 Å². The maximum Gasteiger partial charge on any atom is 0.323 e. The summed E-state index contributed by atoms with van der Waals surface area (Å²) in [5.41, 5.74) is 0. The quantitative estimate of drug-likeness (QED) is 0.667. The van der Waals surface area contributed by atoms with Crippen molar-refractivity contribution in [2.24, 2.45) is 0 Å². The molecule has 0 aliphatic rings. The monoisotopic (exact) mass is 246 g/mol. The van der Waals surface area contributed by atoms with Crippen molar-refractivity contribution in [3.05, 3.63) is 0 Å². The Morgan fingerprint density at radius 3 is 2.24 bits per heavy atom. The second-order valence-electron chi connectivity index (χ2n) is 3.63. The minimum Gasteiger partial charge on any atom is -0.480 e. The molecule has 17 heavy (non-hydrogen) atoms. The minimum absolute atomic E-state index is 0.233. The van der Waals surface area contributed by atoms with E-state index in [-0.39, 0.29) is 18.9 Å². The van der Waals surface area contributed by atoms with Crippen LogP contribution in [0.4, 0.5) is 4.79 Å². The Morgan fingerprint density at radius 1 is 1.18 bits per heavy atom. The molecule has 2 amide bonds. The summed E-state index contributed by atoms with van der Waals surface area (Å²) in [6.07, 6.45) is 0.715. The number of amides is 2. The van der Waals surface area contributed by atoms with Gasteiger partial charge in [-0.3, -0.25) is 9.59 Å². The van der Waals surface area contributed by atoms with E-state index >= 15 is 0 Å². The van der Waals surface area contributed by atoms with Gasteiger partial charge in [0.1, 0.15) is 6.54 Å². The van der Waals surface area contributed by atoms with Gasteiger partial charge in [-0.05, 0) is 6.42 Å². The van der Waals surface area contributed by atoms with Gasteiger partial charge in [0.2, 0.25) is 0 Å². The lowest BCUT2D eigenvalue weighted by molar-refractivity contribution is -0.140. The molecule has 0 atom stereocenters. The van der Waals surface area contributed by atoms with Gasteiger partial charge in [-0.25, -0.2) is 4.79 Å². The largest absolute Gasteiger partial charge is 0.480 e. The fraction of sp³-hybridized carbons (Fsp3) is 0.700. The fourth-order valence-corrected chi connectivity index (χ4v) is 1.22. The van der Waals surface area contributed by atoms with E-state index in [2.05, 4.69) is 4.74 Å². The van der Waals surface area contributed by atoms with E-state index < -0.39 is 12.0 Å². The van der Waals surface area contributed by atoms with Gasteiger partial charge in [-0.1, -0.05) is 0 Å². The first-order chi connectivity index (χ1) is 7.88. The number of carbonyl (C=O) groups is 3. The number of ether oxygens (including phenoxy) is 1. The molecule has 0 saturated carbocycles. The van der Waals surface area contributed by atoms with E-state index in [0.717, 1.165) is 4.90 Å². The van der Waals surface area contributed by atoms with Crippen molar-refractivity contribution in [1.29, 1.82) is 0 Å². The van der Waals surface area contributed by atoms with Crippen LogP contribution in [-0.2, 0) is 14.3 Å². The van der Waals surface area contributed by atoms with Gasteiger partial charge in [-0.15, -0.1) is 0 Å². The molecule has 0 fully saturated rings. The van der Waals surface area contributed by atoms with Crippen molar-refractivity contribution in [2.75, 3.05) is 34.3 Å². The number of carboxylic acid groups (broad SMARTS) is 1. The number of urea groups is 1. The van der Waals surface area contributed by atoms with Gasteiger partial charge in [0, 0.05) is 27.1 Å². The number of carboxylic acids is 1. The van der Waals surface area contributed by atoms with Crippen LogP contribution in [0.15, 0.2) is 0 Å². The van der Waals surface area contributed by atoms with E-state index in [9.17, 15) is 14.4 Å². The third-order valence-electron chi connectivity index (χ3n) is 2.13. The van der Waals surface area contributed by atoms with Gasteiger partial charge in [0.05, 0.1) is 7.11 Å². The first-order valence-corrected chi connectivity index (χ1v) is 5.13. The number of carbonyl (C=O) groups excluding carboxylic acids is 2. The Kier molecular flexibility index (Phi) is 6.69. The highest BCUT2D eigenvalue weighted by molar-refractivity contribution is 5.79. The van der Waals surface area contributed by atoms with Crippen LogP contribution in [0.2, 0.25) is 0 Å². The fourth-order valence-electron chi connectivity index (χ4n) is 1.22. The SMILES string of the molecule is COC(=O)CCCN(C)C(=O)N(C)CC(=O)O. The van der Waals surface area contributed by atoms with E-state index in [0.29, 0.717) is 13.0 Å². The van der Waals surface area contributed by atoms with E-state index in [1.54, 1.807) is 7.05 Å². The summed E-state index contributed by atoms with van der Waals surface area (Å²) in [5.74, 6) is -1.39. The molecule has 0 unspecified atom stereocenters. The minimum atomic E-state index is -1.07. The molecule has 0 spiro atoms. The zero-order chi connectivity index (χ0) is 13.4. The van der Waals surface area contributed by atoms with Crippen molar-refractivity contribution in [2.45, 2.75) is 12.8 Å². The number of likely N-dealkylation sites (N-methyl/N-ethyl adjacent to an activating group) is 1. The molecule has 0 heterocycles. The lowest BCUT2D eigenvalue weighted by Crippen LogP contribution is -2.41. The molecule has 7 nitrogen and oxygen atoms in total. The summed E-state index contributed by atoms with van der Waals surface area (Å²) < 4.78 is 4.46. The molecule has 0 aromatic rings. The van der Waals surface area contributed by atoms with Gasteiger partial charge < -0.3 is 19.6 Å². The molecular weight excluding hydrogens is 228 g/mol. The lowest BCUT2D eigenvalue weighted by Gasteiger charge is -2.23. The molecule has 0 aromatic heterocycles. The zero-order valence-corrected chi connectivity index (χ0v) is 10.3. The van der Waals surface area contributed by atoms with Crippen LogP contribution in [0.1, 0.15) is 12.8 Å². The van der Waals surface area contributed by atoms with Gasteiger partial charge in [-0.2, -0.15) is 0 Å². The highest BCUT2D eigenvalue weighted by atomic mass is 16.5. The zero-order valence-electron chi connectivity index (χ0n) is 10.3. The Balaban J connectivity index is 3.96. The lowest BCUT2D eigenvalue weighted by atomic mass is 10.3. The average molecular weight is 246 g/mol.